The van der Waals surface area contributed by atoms with E-state index < -0.39 is 17.9 Å². The predicted molar refractivity (Wildman–Crippen MR) is 139 cm³/mol. The van der Waals surface area contributed by atoms with Crippen LogP contribution in [0.25, 0.3) is 10.4 Å². The number of aliphatic hydroxyl groups is 1. The molecule has 0 aliphatic carbocycles. The Morgan fingerprint density at radius 1 is 1.19 bits per heavy atom. The van der Waals surface area contributed by atoms with Crippen LogP contribution in [-0.2, 0) is 0 Å². The number of anilines is 1. The van der Waals surface area contributed by atoms with Crippen molar-refractivity contribution in [1.82, 2.24) is 19.8 Å². The average molecular weight is 536 g/mol. The van der Waals surface area contributed by atoms with E-state index in [2.05, 4.69) is 15.3 Å². The van der Waals surface area contributed by atoms with Gasteiger partial charge in [-0.3, -0.25) is 9.59 Å². The second kappa shape index (κ2) is 9.90. The van der Waals surface area contributed by atoms with Gasteiger partial charge in [0.2, 0.25) is 0 Å². The van der Waals surface area contributed by atoms with Gasteiger partial charge in [-0.1, -0.05) is 0 Å². The maximum atomic E-state index is 14.3. The first kappa shape index (κ1) is 27.4. The summed E-state index contributed by atoms with van der Waals surface area (Å²) in [5.41, 5.74) is -1.72. The van der Waals surface area contributed by atoms with Gasteiger partial charge in [-0.05, 0) is 66.4 Å². The summed E-state index contributed by atoms with van der Waals surface area (Å²) in [6.07, 6.45) is 2.14. The number of thiazole rings is 1. The number of carbonyl (C=O) groups excluding carboxylic acids is 2. The molecule has 0 spiro atoms. The summed E-state index contributed by atoms with van der Waals surface area (Å²) in [4.78, 5) is 39.1. The summed E-state index contributed by atoms with van der Waals surface area (Å²) >= 11 is 0.910. The van der Waals surface area contributed by atoms with Crippen LogP contribution in [0.4, 0.5) is 14.6 Å². The van der Waals surface area contributed by atoms with Crippen LogP contribution >= 0.6 is 11.3 Å². The zero-order chi connectivity index (χ0) is 27.3. The molecule has 0 atom stereocenters. The van der Waals surface area contributed by atoms with Crippen molar-refractivity contribution in [3.63, 3.8) is 0 Å². The Bertz CT molecular complexity index is 1170. The second-order valence-corrected chi connectivity index (χ2v) is 12.7. The number of pyridine rings is 1. The maximum absolute atomic E-state index is 14.3. The van der Waals surface area contributed by atoms with Gasteiger partial charge in [0.05, 0.1) is 10.5 Å². The van der Waals surface area contributed by atoms with Crippen molar-refractivity contribution in [2.24, 2.45) is 0 Å². The number of carbonyl (C=O) groups is 2. The summed E-state index contributed by atoms with van der Waals surface area (Å²) in [5, 5.41) is 13.3. The highest BCUT2D eigenvalue weighted by Crippen LogP contribution is 2.42. The van der Waals surface area contributed by atoms with Crippen molar-refractivity contribution in [3.8, 4) is 10.4 Å². The smallest absolute Gasteiger partial charge is 0.282 e. The fourth-order valence-electron chi connectivity index (χ4n) is 5.22. The van der Waals surface area contributed by atoms with Crippen LogP contribution in [0.2, 0.25) is 0 Å². The number of hydrogen-bond donors (Lipinski definition) is 2. The molecule has 2 amide bonds. The number of fused-ring (bicyclic) bond motifs is 2. The molecule has 2 aliphatic rings. The molecule has 4 rings (SSSR count). The highest BCUT2D eigenvalue weighted by Gasteiger charge is 2.44. The van der Waals surface area contributed by atoms with E-state index in [1.54, 1.807) is 13.8 Å². The third kappa shape index (κ3) is 5.93. The third-order valence-corrected chi connectivity index (χ3v) is 7.67. The van der Waals surface area contributed by atoms with Crippen LogP contribution in [0.1, 0.15) is 92.6 Å². The monoisotopic (exact) mass is 535 g/mol. The number of nitrogens with one attached hydrogen (secondary N) is 1. The molecular weight excluding hydrogens is 500 g/mol. The molecule has 2 bridgehead atoms. The minimum Gasteiger partial charge on any atom is -0.389 e. The van der Waals surface area contributed by atoms with Crippen molar-refractivity contribution >= 4 is 29.0 Å². The molecule has 2 fully saturated rings. The minimum absolute atomic E-state index is 0.00374. The molecule has 202 valence electrons. The minimum atomic E-state index is -2.83. The summed E-state index contributed by atoms with van der Waals surface area (Å²) in [6, 6.07) is 1.51. The lowest BCUT2D eigenvalue weighted by molar-refractivity contribution is 0.0367. The van der Waals surface area contributed by atoms with Crippen molar-refractivity contribution in [3.05, 3.63) is 28.5 Å². The van der Waals surface area contributed by atoms with E-state index in [1.807, 2.05) is 25.7 Å². The van der Waals surface area contributed by atoms with E-state index in [0.717, 1.165) is 37.0 Å². The van der Waals surface area contributed by atoms with Crippen LogP contribution in [0.3, 0.4) is 0 Å². The Balaban J connectivity index is 1.80. The topological polar surface area (TPSA) is 98.7 Å². The van der Waals surface area contributed by atoms with Crippen LogP contribution in [0, 0.1) is 0 Å². The predicted octanol–water partition coefficient (Wildman–Crippen LogP) is 4.96. The average Bonchev–Trinajstić information content (AvgIpc) is 3.50. The number of nitrogens with zero attached hydrogens (tertiary/aromatic N) is 4. The number of alkyl halides is 2. The van der Waals surface area contributed by atoms with Gasteiger partial charge in [-0.15, -0.1) is 11.3 Å². The van der Waals surface area contributed by atoms with E-state index in [4.69, 9.17) is 0 Å². The third-order valence-electron chi connectivity index (χ3n) is 6.59. The van der Waals surface area contributed by atoms with Crippen molar-refractivity contribution < 1.29 is 23.5 Å². The molecule has 2 aromatic rings. The molecule has 0 unspecified atom stereocenters. The van der Waals surface area contributed by atoms with Crippen LogP contribution < -0.4 is 5.32 Å². The van der Waals surface area contributed by atoms with Gasteiger partial charge >= 0.3 is 0 Å². The molecule has 0 saturated carbocycles. The van der Waals surface area contributed by atoms with E-state index in [1.165, 1.54) is 24.2 Å². The molecule has 8 nitrogen and oxygen atoms in total. The zero-order valence-corrected chi connectivity index (χ0v) is 23.0. The lowest BCUT2D eigenvalue weighted by Gasteiger charge is -2.24. The summed E-state index contributed by atoms with van der Waals surface area (Å²) in [6.45, 7) is 8.90. The molecule has 2 aromatic heterocycles. The van der Waals surface area contributed by atoms with Gasteiger partial charge < -0.3 is 20.2 Å². The molecular formula is C26H35F2N5O3S. The Kier molecular flexibility index (Phi) is 7.33. The molecule has 2 aliphatic heterocycles. The van der Waals surface area contributed by atoms with Gasteiger partial charge in [0.15, 0.2) is 5.01 Å². The van der Waals surface area contributed by atoms with Gasteiger partial charge in [-0.2, -0.15) is 0 Å². The molecule has 11 heteroatoms. The van der Waals surface area contributed by atoms with E-state index in [0.29, 0.717) is 5.82 Å². The lowest BCUT2D eigenvalue weighted by Crippen LogP contribution is -2.39. The Morgan fingerprint density at radius 2 is 1.78 bits per heavy atom. The fourth-order valence-corrected chi connectivity index (χ4v) is 6.30. The maximum Gasteiger partial charge on any atom is 0.282 e. The van der Waals surface area contributed by atoms with E-state index in [9.17, 15) is 23.5 Å². The molecule has 0 radical (unpaired) electrons. The SMILES string of the molecule is CN(CC(C)(C)O)C(=O)c1nc(C(=O)N2C3CCC2CC3)c(-c2cnc(NC(C)(C)C)cc2C(F)F)s1. The van der Waals surface area contributed by atoms with Crippen LogP contribution in [0.15, 0.2) is 12.3 Å². The molecule has 4 heterocycles. The fraction of sp³-hybridized carbons (Fsp3) is 0.615. The van der Waals surface area contributed by atoms with Crippen molar-refractivity contribution in [1.29, 1.82) is 0 Å². The van der Waals surface area contributed by atoms with E-state index >= 15 is 0 Å². The van der Waals surface area contributed by atoms with Crippen molar-refractivity contribution in [2.45, 2.75) is 90.0 Å². The second-order valence-electron chi connectivity index (χ2n) is 11.7. The number of hydrogen-bond acceptors (Lipinski definition) is 7. The van der Waals surface area contributed by atoms with Crippen LogP contribution in [0.5, 0.6) is 0 Å². The first-order valence-electron chi connectivity index (χ1n) is 12.5. The number of likely N-dealkylation sites (N-methyl/N-ethyl adjacent to an activating group) is 1. The normalized spacial score (nSPS) is 19.6. The highest BCUT2D eigenvalue weighted by atomic mass is 32.1. The van der Waals surface area contributed by atoms with Crippen molar-refractivity contribution in [2.75, 3.05) is 18.9 Å². The Morgan fingerprint density at radius 3 is 2.30 bits per heavy atom. The summed E-state index contributed by atoms with van der Waals surface area (Å²) in [7, 11) is 1.53. The number of rotatable bonds is 7. The molecule has 2 saturated heterocycles. The lowest BCUT2D eigenvalue weighted by atomic mass is 10.0. The van der Waals surface area contributed by atoms with Gasteiger partial charge in [0.1, 0.15) is 11.5 Å². The summed E-state index contributed by atoms with van der Waals surface area (Å²) < 4.78 is 28.6. The highest BCUT2D eigenvalue weighted by molar-refractivity contribution is 7.17. The Hall–Kier alpha value is -2.66. The largest absolute Gasteiger partial charge is 0.389 e. The van der Waals surface area contributed by atoms with Gasteiger partial charge in [0.25, 0.3) is 18.2 Å². The molecule has 0 aromatic carbocycles. The van der Waals surface area contributed by atoms with E-state index in [-0.39, 0.29) is 56.8 Å². The standard InChI is InChI=1S/C26H35F2N5O3S/c1-25(2,3)31-18-11-16(21(27)28)17(12-29-18)20-19(23(34)33-14-7-8-15(33)10-9-14)30-22(37-20)24(35)32(6)13-26(4,5)36/h11-12,14-15,21,36H,7-10,13H2,1-6H3,(H,29,31). The first-order valence-corrected chi connectivity index (χ1v) is 13.3. The van der Waals surface area contributed by atoms with Gasteiger partial charge in [-0.25, -0.2) is 18.7 Å². The first-order chi connectivity index (χ1) is 17.1. The number of amides is 2. The Labute approximate surface area is 220 Å². The molecule has 37 heavy (non-hydrogen) atoms. The summed E-state index contributed by atoms with van der Waals surface area (Å²) in [5.74, 6) is -0.533. The molecule has 2 N–H and O–H groups in total. The van der Waals surface area contributed by atoms with Crippen LogP contribution in [-0.4, -0.2) is 73.5 Å². The quantitative estimate of drug-likeness (QED) is 0.520. The van der Waals surface area contributed by atoms with Gasteiger partial charge in [0, 0.05) is 48.5 Å². The number of halogens is 2. The number of aromatic nitrogens is 2. The zero-order valence-electron chi connectivity index (χ0n) is 22.1.